The molecule has 2 unspecified atom stereocenters. The van der Waals surface area contributed by atoms with Crippen molar-refractivity contribution in [1.29, 1.82) is 0 Å². The van der Waals surface area contributed by atoms with Crippen molar-refractivity contribution < 1.29 is 5.11 Å². The third-order valence-electron chi connectivity index (χ3n) is 4.07. The van der Waals surface area contributed by atoms with E-state index in [1.165, 1.54) is 0 Å². The van der Waals surface area contributed by atoms with E-state index in [-0.39, 0.29) is 6.04 Å². The SMILES string of the molecule is Cc1ccccc1NC(c1ccccc1)C(O)c1ccccc1. The molecule has 2 nitrogen and oxygen atoms in total. The van der Waals surface area contributed by atoms with Crippen LogP contribution in [0.2, 0.25) is 0 Å². The number of hydrogen-bond donors (Lipinski definition) is 2. The molecule has 3 aromatic carbocycles. The first kappa shape index (κ1) is 15.3. The van der Waals surface area contributed by atoms with Crippen LogP contribution in [-0.4, -0.2) is 5.11 Å². The van der Waals surface area contributed by atoms with Crippen LogP contribution in [0.5, 0.6) is 0 Å². The summed E-state index contributed by atoms with van der Waals surface area (Å²) in [5.74, 6) is 0. The largest absolute Gasteiger partial charge is 0.386 e. The number of anilines is 1. The molecule has 23 heavy (non-hydrogen) atoms. The van der Waals surface area contributed by atoms with E-state index in [9.17, 15) is 5.11 Å². The highest BCUT2D eigenvalue weighted by Crippen LogP contribution is 2.32. The van der Waals surface area contributed by atoms with Crippen molar-refractivity contribution in [3.63, 3.8) is 0 Å². The van der Waals surface area contributed by atoms with Crippen molar-refractivity contribution in [1.82, 2.24) is 0 Å². The summed E-state index contributed by atoms with van der Waals surface area (Å²) < 4.78 is 0. The summed E-state index contributed by atoms with van der Waals surface area (Å²) in [5.41, 5.74) is 4.17. The smallest absolute Gasteiger partial charge is 0.103 e. The number of para-hydroxylation sites is 1. The first-order valence-electron chi connectivity index (χ1n) is 7.86. The first-order valence-corrected chi connectivity index (χ1v) is 7.86. The maximum atomic E-state index is 10.9. The summed E-state index contributed by atoms with van der Waals surface area (Å²) in [6.45, 7) is 2.07. The van der Waals surface area contributed by atoms with E-state index in [4.69, 9.17) is 0 Å². The molecular formula is C21H21NO. The standard InChI is InChI=1S/C21H21NO/c1-16-10-8-9-15-19(16)22-20(17-11-4-2-5-12-17)21(23)18-13-6-3-7-14-18/h2-15,20-23H,1H3. The van der Waals surface area contributed by atoms with Gasteiger partial charge in [0.25, 0.3) is 0 Å². The summed E-state index contributed by atoms with van der Waals surface area (Å²) >= 11 is 0. The Morgan fingerprint density at radius 2 is 1.22 bits per heavy atom. The van der Waals surface area contributed by atoms with Crippen molar-refractivity contribution in [3.05, 3.63) is 102 Å². The average molecular weight is 303 g/mol. The molecule has 0 heterocycles. The van der Waals surface area contributed by atoms with E-state index in [2.05, 4.69) is 18.3 Å². The number of hydrogen-bond acceptors (Lipinski definition) is 2. The van der Waals surface area contributed by atoms with Gasteiger partial charge in [0.1, 0.15) is 6.10 Å². The lowest BCUT2D eigenvalue weighted by Crippen LogP contribution is -2.20. The van der Waals surface area contributed by atoms with Crippen LogP contribution < -0.4 is 5.32 Å². The number of aliphatic hydroxyl groups excluding tert-OH is 1. The minimum Gasteiger partial charge on any atom is -0.386 e. The molecule has 0 saturated heterocycles. The van der Waals surface area contributed by atoms with Gasteiger partial charge < -0.3 is 10.4 Å². The van der Waals surface area contributed by atoms with Crippen LogP contribution in [-0.2, 0) is 0 Å². The lowest BCUT2D eigenvalue weighted by atomic mass is 9.95. The number of aliphatic hydroxyl groups is 1. The second-order valence-electron chi connectivity index (χ2n) is 5.70. The van der Waals surface area contributed by atoms with E-state index in [1.807, 2.05) is 78.9 Å². The van der Waals surface area contributed by atoms with Crippen LogP contribution in [0, 0.1) is 6.92 Å². The molecule has 0 spiro atoms. The molecule has 0 fully saturated rings. The fourth-order valence-corrected chi connectivity index (χ4v) is 2.75. The topological polar surface area (TPSA) is 32.3 Å². The van der Waals surface area contributed by atoms with Gasteiger partial charge >= 0.3 is 0 Å². The van der Waals surface area contributed by atoms with Gasteiger partial charge in [-0.1, -0.05) is 78.9 Å². The Morgan fingerprint density at radius 3 is 1.83 bits per heavy atom. The van der Waals surface area contributed by atoms with Gasteiger partial charge in [0.05, 0.1) is 6.04 Å². The van der Waals surface area contributed by atoms with Gasteiger partial charge in [0, 0.05) is 5.69 Å². The summed E-state index contributed by atoms with van der Waals surface area (Å²) in [7, 11) is 0. The zero-order valence-electron chi connectivity index (χ0n) is 13.2. The van der Waals surface area contributed by atoms with E-state index >= 15 is 0 Å². The second kappa shape index (κ2) is 7.12. The van der Waals surface area contributed by atoms with E-state index in [1.54, 1.807) is 0 Å². The molecule has 2 heteroatoms. The highest BCUT2D eigenvalue weighted by atomic mass is 16.3. The van der Waals surface area contributed by atoms with Crippen LogP contribution in [0.15, 0.2) is 84.9 Å². The van der Waals surface area contributed by atoms with Crippen LogP contribution in [0.1, 0.15) is 28.8 Å². The van der Waals surface area contributed by atoms with Gasteiger partial charge in [-0.3, -0.25) is 0 Å². The minimum atomic E-state index is -0.627. The fraction of sp³-hybridized carbons (Fsp3) is 0.143. The molecule has 3 rings (SSSR count). The highest BCUT2D eigenvalue weighted by molar-refractivity contribution is 5.52. The van der Waals surface area contributed by atoms with E-state index in [0.29, 0.717) is 0 Å². The van der Waals surface area contributed by atoms with Crippen molar-refractivity contribution >= 4 is 5.69 Å². The van der Waals surface area contributed by atoms with Gasteiger partial charge in [-0.25, -0.2) is 0 Å². The average Bonchev–Trinajstić information content (AvgIpc) is 2.62. The number of rotatable bonds is 5. The second-order valence-corrected chi connectivity index (χ2v) is 5.70. The zero-order chi connectivity index (χ0) is 16.1. The normalized spacial score (nSPS) is 13.3. The maximum absolute atomic E-state index is 10.9. The molecular weight excluding hydrogens is 282 g/mol. The maximum Gasteiger partial charge on any atom is 0.103 e. The molecule has 2 N–H and O–H groups in total. The number of benzene rings is 3. The molecule has 0 amide bonds. The molecule has 2 atom stereocenters. The van der Waals surface area contributed by atoms with Crippen LogP contribution in [0.3, 0.4) is 0 Å². The van der Waals surface area contributed by atoms with Gasteiger partial charge in [0.15, 0.2) is 0 Å². The Hall–Kier alpha value is -2.58. The van der Waals surface area contributed by atoms with Gasteiger partial charge in [-0.05, 0) is 29.7 Å². The lowest BCUT2D eigenvalue weighted by Gasteiger charge is -2.27. The molecule has 0 aliphatic heterocycles. The van der Waals surface area contributed by atoms with Gasteiger partial charge in [-0.2, -0.15) is 0 Å². The van der Waals surface area contributed by atoms with Crippen molar-refractivity contribution in [2.45, 2.75) is 19.1 Å². The zero-order valence-corrected chi connectivity index (χ0v) is 13.2. The Labute approximate surface area is 137 Å². The molecule has 3 aromatic rings. The quantitative estimate of drug-likeness (QED) is 0.704. The lowest BCUT2D eigenvalue weighted by molar-refractivity contribution is 0.155. The van der Waals surface area contributed by atoms with E-state index in [0.717, 1.165) is 22.4 Å². The Bertz CT molecular complexity index is 740. The Balaban J connectivity index is 1.96. The number of aryl methyl sites for hydroxylation is 1. The molecule has 0 radical (unpaired) electrons. The van der Waals surface area contributed by atoms with Crippen LogP contribution >= 0.6 is 0 Å². The molecule has 0 saturated carbocycles. The minimum absolute atomic E-state index is 0.209. The van der Waals surface area contributed by atoms with Crippen molar-refractivity contribution in [2.75, 3.05) is 5.32 Å². The van der Waals surface area contributed by atoms with Gasteiger partial charge in [-0.15, -0.1) is 0 Å². The first-order chi connectivity index (χ1) is 11.3. The van der Waals surface area contributed by atoms with Crippen LogP contribution in [0.4, 0.5) is 5.69 Å². The molecule has 0 aliphatic rings. The Kier molecular flexibility index (Phi) is 4.74. The third kappa shape index (κ3) is 3.61. The molecule has 116 valence electrons. The van der Waals surface area contributed by atoms with Crippen molar-refractivity contribution in [3.8, 4) is 0 Å². The predicted molar refractivity (Wildman–Crippen MR) is 95.4 cm³/mol. The summed E-state index contributed by atoms with van der Waals surface area (Å²) in [6.07, 6.45) is -0.627. The summed E-state index contributed by atoms with van der Waals surface area (Å²) in [4.78, 5) is 0. The van der Waals surface area contributed by atoms with E-state index < -0.39 is 6.10 Å². The third-order valence-corrected chi connectivity index (χ3v) is 4.07. The fourth-order valence-electron chi connectivity index (χ4n) is 2.75. The highest BCUT2D eigenvalue weighted by Gasteiger charge is 2.22. The predicted octanol–water partition coefficient (Wildman–Crippen LogP) is 4.88. The summed E-state index contributed by atoms with van der Waals surface area (Å²) in [5, 5.41) is 14.4. The van der Waals surface area contributed by atoms with Crippen LogP contribution in [0.25, 0.3) is 0 Å². The molecule has 0 aromatic heterocycles. The molecule has 0 aliphatic carbocycles. The van der Waals surface area contributed by atoms with Crippen molar-refractivity contribution in [2.24, 2.45) is 0 Å². The monoisotopic (exact) mass is 303 g/mol. The molecule has 0 bridgehead atoms. The number of nitrogens with one attached hydrogen (secondary N) is 1. The van der Waals surface area contributed by atoms with Gasteiger partial charge in [0.2, 0.25) is 0 Å². The Morgan fingerprint density at radius 1 is 0.696 bits per heavy atom. The summed E-state index contributed by atoms with van der Waals surface area (Å²) in [6, 6.07) is 27.8.